The van der Waals surface area contributed by atoms with Gasteiger partial charge < -0.3 is 4.80 Å². The summed E-state index contributed by atoms with van der Waals surface area (Å²) in [5, 5.41) is 33.7. The third-order valence-corrected chi connectivity index (χ3v) is 15.7. The van der Waals surface area contributed by atoms with E-state index in [0.717, 1.165) is 11.8 Å². The summed E-state index contributed by atoms with van der Waals surface area (Å²) in [4.78, 5) is 10.7. The molecule has 4 saturated carbocycles. The number of nitrogens with one attached hydrogen (secondary N) is 8. The highest BCUT2D eigenvalue weighted by molar-refractivity contribution is 6.27. The van der Waals surface area contributed by atoms with Gasteiger partial charge in [-0.3, -0.25) is 42.5 Å². The second-order valence-corrected chi connectivity index (χ2v) is 17.5. The Kier molecular flexibility index (Phi) is 7.75. The van der Waals surface area contributed by atoms with Crippen LogP contribution in [0.5, 0.6) is 0 Å². The largest absolute Gasteiger partial charge is 0.438 e. The highest BCUT2D eigenvalue weighted by Crippen LogP contribution is 2.48. The monoisotopic (exact) mass is 598 g/mol. The minimum atomic E-state index is -1.05. The summed E-state index contributed by atoms with van der Waals surface area (Å²) in [5.41, 5.74) is 0.525. The predicted molar refractivity (Wildman–Crippen MR) is 167 cm³/mol. The van der Waals surface area contributed by atoms with Crippen LogP contribution in [0.3, 0.4) is 0 Å². The molecule has 17 unspecified atom stereocenters. The lowest BCUT2D eigenvalue weighted by Crippen LogP contribution is -2.61. The Morgan fingerprint density at radius 3 is 0.952 bits per heavy atom. The molecular formula is C32H58N8OSi. The van der Waals surface area contributed by atoms with Gasteiger partial charge in [0.05, 0.1) is 49.3 Å². The molecule has 5 saturated heterocycles. The third kappa shape index (κ3) is 4.72. The number of fused-ring (bicyclic) bond motifs is 20. The zero-order valence-corrected chi connectivity index (χ0v) is 27.0. The fraction of sp³-hybridized carbons (Fsp3) is 1.00. The zero-order chi connectivity index (χ0) is 27.8. The zero-order valence-electron chi connectivity index (χ0n) is 25.6. The normalized spacial score (nSPS) is 57.5. The molecule has 9 nitrogen and oxygen atoms in total. The topological polar surface area (TPSA) is 116 Å². The molecule has 17 atom stereocenters. The van der Waals surface area contributed by atoms with E-state index < -0.39 is 9.76 Å². The average Bonchev–Trinajstić information content (AvgIpc) is 3.76. The van der Waals surface area contributed by atoms with Gasteiger partial charge in [0.2, 0.25) is 0 Å². The molecule has 9 rings (SSSR count). The maximum Gasteiger partial charge on any atom is 0.160 e. The van der Waals surface area contributed by atoms with Crippen molar-refractivity contribution in [2.24, 2.45) is 47.3 Å². The first kappa shape index (κ1) is 28.1. The van der Waals surface area contributed by atoms with E-state index in [9.17, 15) is 4.80 Å². The van der Waals surface area contributed by atoms with Gasteiger partial charge in [0.1, 0.15) is 0 Å². The number of hydrogen-bond donors (Lipinski definition) is 9. The lowest BCUT2D eigenvalue weighted by atomic mass is 9.76. The van der Waals surface area contributed by atoms with Crippen molar-refractivity contribution < 1.29 is 4.80 Å². The lowest BCUT2D eigenvalue weighted by molar-refractivity contribution is 0.166. The van der Waals surface area contributed by atoms with E-state index >= 15 is 0 Å². The molecule has 5 aliphatic heterocycles. The fourth-order valence-electron chi connectivity index (χ4n) is 12.4. The Morgan fingerprint density at radius 2 is 0.619 bits per heavy atom. The second kappa shape index (κ2) is 11.6. The standard InChI is InChI=1S/C32H58N8OSi/c41-42-23-15-7-14-22-24(23)32-39-30-21-13-6-5-12-20(21)28(37-30)35-26-17-9-2-1-8-16(17)25(33-26)34-27-18-10-3-4-11-19(18)29(36-27)38-31(22)40-32/h16-41H,1-15,42H2. The smallest absolute Gasteiger partial charge is 0.160 e. The lowest BCUT2D eigenvalue weighted by Gasteiger charge is -2.38. The number of hydrogen-bond acceptors (Lipinski definition) is 9. The van der Waals surface area contributed by atoms with Crippen LogP contribution in [-0.4, -0.2) is 63.9 Å². The first-order valence-electron chi connectivity index (χ1n) is 18.4. The summed E-state index contributed by atoms with van der Waals surface area (Å²) in [7, 11) is -1.05. The minimum absolute atomic E-state index is 0.276. The van der Waals surface area contributed by atoms with Crippen LogP contribution in [0.15, 0.2) is 0 Å². The van der Waals surface area contributed by atoms with E-state index in [1.54, 1.807) is 0 Å². The van der Waals surface area contributed by atoms with E-state index in [1.807, 2.05) is 0 Å². The molecule has 4 aliphatic carbocycles. The van der Waals surface area contributed by atoms with Gasteiger partial charge in [0.25, 0.3) is 0 Å². The SMILES string of the molecule is O[SiH2]C1CCCC2C3NC4NC(NC5NC(NC6NC(NC(N3)C12)C1CCCCC61)C1CCCCC51)C1CCCCC41. The van der Waals surface area contributed by atoms with Crippen LogP contribution >= 0.6 is 0 Å². The fourth-order valence-corrected chi connectivity index (χ4v) is 13.7. The summed E-state index contributed by atoms with van der Waals surface area (Å²) in [6.45, 7) is 0. The summed E-state index contributed by atoms with van der Waals surface area (Å²) >= 11 is 0. The van der Waals surface area contributed by atoms with Crippen LogP contribution in [0.4, 0.5) is 0 Å². The van der Waals surface area contributed by atoms with Crippen molar-refractivity contribution in [2.75, 3.05) is 0 Å². The Hall–Kier alpha value is -0.143. The van der Waals surface area contributed by atoms with Crippen molar-refractivity contribution in [3.63, 3.8) is 0 Å². The van der Waals surface area contributed by atoms with E-state index in [-0.39, 0.29) is 6.17 Å². The van der Waals surface area contributed by atoms with Gasteiger partial charge in [-0.1, -0.05) is 51.4 Å². The van der Waals surface area contributed by atoms with Crippen LogP contribution in [0.2, 0.25) is 5.54 Å². The van der Waals surface area contributed by atoms with E-state index in [0.29, 0.717) is 84.2 Å². The Bertz CT molecular complexity index is 975. The van der Waals surface area contributed by atoms with Crippen molar-refractivity contribution in [3.8, 4) is 0 Å². The number of rotatable bonds is 1. The molecule has 0 spiro atoms. The van der Waals surface area contributed by atoms with Crippen molar-refractivity contribution in [2.45, 2.75) is 151 Å². The Balaban J connectivity index is 1.06. The van der Waals surface area contributed by atoms with Gasteiger partial charge in [0, 0.05) is 0 Å². The molecule has 9 N–H and O–H groups in total. The molecule has 8 bridgehead atoms. The van der Waals surface area contributed by atoms with Gasteiger partial charge in [-0.05, 0) is 97.8 Å². The molecule has 0 aromatic heterocycles. The summed E-state index contributed by atoms with van der Waals surface area (Å²) < 4.78 is 0. The molecule has 10 heteroatoms. The molecule has 9 aliphatic rings. The maximum absolute atomic E-state index is 10.7. The minimum Gasteiger partial charge on any atom is -0.438 e. The molecular weight excluding hydrogens is 540 g/mol. The summed E-state index contributed by atoms with van der Waals surface area (Å²) in [6, 6.07) is 0. The van der Waals surface area contributed by atoms with Crippen LogP contribution in [0.25, 0.3) is 0 Å². The maximum atomic E-state index is 10.7. The van der Waals surface area contributed by atoms with Crippen LogP contribution in [-0.2, 0) is 0 Å². The third-order valence-electron chi connectivity index (χ3n) is 14.3. The molecule has 5 heterocycles. The second-order valence-electron chi connectivity index (χ2n) is 16.1. The predicted octanol–water partition coefficient (Wildman–Crippen LogP) is 1.08. The molecule has 0 amide bonds. The van der Waals surface area contributed by atoms with Crippen LogP contribution < -0.4 is 42.5 Å². The van der Waals surface area contributed by atoms with Gasteiger partial charge in [-0.15, -0.1) is 0 Å². The van der Waals surface area contributed by atoms with E-state index in [4.69, 9.17) is 0 Å². The van der Waals surface area contributed by atoms with E-state index in [1.165, 1.54) is 96.3 Å². The molecule has 42 heavy (non-hydrogen) atoms. The molecule has 0 radical (unpaired) electrons. The molecule has 0 aromatic rings. The summed E-state index contributed by atoms with van der Waals surface area (Å²) in [6.07, 6.45) is 22.9. The first-order valence-corrected chi connectivity index (χ1v) is 19.9. The molecule has 236 valence electrons. The average molecular weight is 599 g/mol. The Labute approximate surface area is 255 Å². The highest BCUT2D eigenvalue weighted by Gasteiger charge is 2.55. The van der Waals surface area contributed by atoms with Gasteiger partial charge in [0.15, 0.2) is 9.76 Å². The molecule has 9 fully saturated rings. The summed E-state index contributed by atoms with van der Waals surface area (Å²) in [5.74, 6) is 5.37. The quantitative estimate of drug-likeness (QED) is 0.205. The first-order chi connectivity index (χ1) is 20.7. The van der Waals surface area contributed by atoms with Gasteiger partial charge in [-0.2, -0.15) is 0 Å². The van der Waals surface area contributed by atoms with E-state index in [2.05, 4.69) is 42.5 Å². The Morgan fingerprint density at radius 1 is 0.333 bits per heavy atom. The highest BCUT2D eigenvalue weighted by atomic mass is 28.2. The van der Waals surface area contributed by atoms with Crippen LogP contribution in [0, 0.1) is 47.3 Å². The van der Waals surface area contributed by atoms with Gasteiger partial charge >= 0.3 is 0 Å². The van der Waals surface area contributed by atoms with Crippen molar-refractivity contribution in [1.82, 2.24) is 42.5 Å². The van der Waals surface area contributed by atoms with Crippen molar-refractivity contribution >= 4 is 9.76 Å². The van der Waals surface area contributed by atoms with Gasteiger partial charge in [-0.25, -0.2) is 0 Å². The van der Waals surface area contributed by atoms with Crippen LogP contribution in [0.1, 0.15) is 96.3 Å². The van der Waals surface area contributed by atoms with Crippen molar-refractivity contribution in [1.29, 1.82) is 0 Å². The molecule has 0 aromatic carbocycles. The van der Waals surface area contributed by atoms with Crippen molar-refractivity contribution in [3.05, 3.63) is 0 Å².